The first kappa shape index (κ1) is 18.2. The molecule has 1 aromatic carbocycles. The van der Waals surface area contributed by atoms with Crippen molar-refractivity contribution >= 4 is 28.5 Å². The quantitative estimate of drug-likeness (QED) is 0.726. The molecular weight excluding hydrogens is 356 g/mol. The molecule has 3 heterocycles. The molecule has 0 bridgehead atoms. The highest BCUT2D eigenvalue weighted by Crippen LogP contribution is 2.20. The zero-order valence-corrected chi connectivity index (χ0v) is 16.2. The van der Waals surface area contributed by atoms with Crippen LogP contribution in [0.5, 0.6) is 0 Å². The summed E-state index contributed by atoms with van der Waals surface area (Å²) in [6, 6.07) is 9.59. The summed E-state index contributed by atoms with van der Waals surface area (Å²) >= 11 is 0. The van der Waals surface area contributed by atoms with Crippen LogP contribution in [0.3, 0.4) is 0 Å². The molecule has 146 valence electrons. The molecule has 3 aromatic rings. The minimum Gasteiger partial charge on any atom is -0.370 e. The number of nitrogens with zero attached hydrogens (tertiary/aromatic N) is 5. The second kappa shape index (κ2) is 7.84. The molecule has 1 aliphatic heterocycles. The normalized spacial score (nSPS) is 14.5. The fourth-order valence-electron chi connectivity index (χ4n) is 3.49. The van der Waals surface area contributed by atoms with Crippen molar-refractivity contribution in [2.75, 3.05) is 42.9 Å². The van der Waals surface area contributed by atoms with E-state index < -0.39 is 0 Å². The number of nitrogens with one attached hydrogen (secondary N) is 1. The van der Waals surface area contributed by atoms with Gasteiger partial charge >= 0.3 is 0 Å². The number of benzene rings is 1. The monoisotopic (exact) mass is 380 g/mol. The van der Waals surface area contributed by atoms with Gasteiger partial charge in [-0.15, -0.1) is 0 Å². The van der Waals surface area contributed by atoms with E-state index in [0.29, 0.717) is 24.4 Å². The molecule has 28 heavy (non-hydrogen) atoms. The number of piperazine rings is 1. The van der Waals surface area contributed by atoms with E-state index in [2.05, 4.69) is 25.3 Å². The Morgan fingerprint density at radius 1 is 1.18 bits per heavy atom. The van der Waals surface area contributed by atoms with E-state index in [9.17, 15) is 4.79 Å². The Morgan fingerprint density at radius 3 is 2.75 bits per heavy atom. The number of amides is 1. The third-order valence-corrected chi connectivity index (χ3v) is 4.91. The predicted octanol–water partition coefficient (Wildman–Crippen LogP) is 2.25. The molecule has 1 amide bonds. The van der Waals surface area contributed by atoms with Crippen LogP contribution in [0.1, 0.15) is 18.4 Å². The van der Waals surface area contributed by atoms with E-state index in [4.69, 9.17) is 4.52 Å². The number of rotatable bonds is 5. The number of carbonyl (C=O) groups is 1. The molecule has 1 saturated heterocycles. The number of anilines is 2. The van der Waals surface area contributed by atoms with Crippen molar-refractivity contribution in [2.24, 2.45) is 0 Å². The van der Waals surface area contributed by atoms with E-state index in [1.54, 1.807) is 0 Å². The van der Waals surface area contributed by atoms with E-state index in [1.807, 2.05) is 49.1 Å². The van der Waals surface area contributed by atoms with E-state index in [-0.39, 0.29) is 12.3 Å². The molecule has 0 aliphatic carbocycles. The van der Waals surface area contributed by atoms with Crippen LogP contribution in [0.4, 0.5) is 11.6 Å². The molecule has 0 radical (unpaired) electrons. The minimum atomic E-state index is 0.0749. The standard InChI is InChI=1S/C20H24N6O2/c1-3-21-18-13-19(23-14(2)22-18)25-8-10-26(11-9-25)20(27)12-16-15-6-4-5-7-17(15)28-24-16/h4-7,13H,3,8-12H2,1-2H3,(H,21,22,23). The smallest absolute Gasteiger partial charge is 0.228 e. The Bertz CT molecular complexity index is 978. The lowest BCUT2D eigenvalue weighted by Crippen LogP contribution is -2.49. The third-order valence-electron chi connectivity index (χ3n) is 4.91. The molecular formula is C20H24N6O2. The molecule has 0 spiro atoms. The lowest BCUT2D eigenvalue weighted by atomic mass is 10.1. The van der Waals surface area contributed by atoms with E-state index in [1.165, 1.54) is 0 Å². The highest BCUT2D eigenvalue weighted by molar-refractivity contribution is 5.86. The topological polar surface area (TPSA) is 87.4 Å². The summed E-state index contributed by atoms with van der Waals surface area (Å²) in [5.41, 5.74) is 1.41. The maximum atomic E-state index is 12.7. The fourth-order valence-corrected chi connectivity index (χ4v) is 3.49. The van der Waals surface area contributed by atoms with Gasteiger partial charge in [0.2, 0.25) is 5.91 Å². The molecule has 4 rings (SSSR count). The summed E-state index contributed by atoms with van der Waals surface area (Å²) in [6.45, 7) is 7.56. The largest absolute Gasteiger partial charge is 0.370 e. The van der Waals surface area contributed by atoms with Gasteiger partial charge in [-0.25, -0.2) is 9.97 Å². The van der Waals surface area contributed by atoms with Crippen molar-refractivity contribution in [2.45, 2.75) is 20.3 Å². The zero-order chi connectivity index (χ0) is 19.5. The molecule has 1 fully saturated rings. The lowest BCUT2D eigenvalue weighted by Gasteiger charge is -2.35. The molecule has 1 N–H and O–H groups in total. The van der Waals surface area contributed by atoms with E-state index >= 15 is 0 Å². The van der Waals surface area contributed by atoms with Crippen LogP contribution >= 0.6 is 0 Å². The van der Waals surface area contributed by atoms with Gasteiger partial charge in [-0.2, -0.15) is 0 Å². The van der Waals surface area contributed by atoms with Gasteiger partial charge in [0.15, 0.2) is 5.58 Å². The Morgan fingerprint density at radius 2 is 1.96 bits per heavy atom. The van der Waals surface area contributed by atoms with Crippen LogP contribution in [-0.2, 0) is 11.2 Å². The number of para-hydroxylation sites is 1. The molecule has 0 saturated carbocycles. The highest BCUT2D eigenvalue weighted by atomic mass is 16.5. The Kier molecular flexibility index (Phi) is 5.10. The Balaban J connectivity index is 1.39. The van der Waals surface area contributed by atoms with Crippen LogP contribution in [0.15, 0.2) is 34.9 Å². The van der Waals surface area contributed by atoms with Crippen molar-refractivity contribution in [3.05, 3.63) is 41.9 Å². The van der Waals surface area contributed by atoms with Gasteiger partial charge in [-0.3, -0.25) is 4.79 Å². The van der Waals surface area contributed by atoms with Crippen LogP contribution in [0.25, 0.3) is 11.0 Å². The van der Waals surface area contributed by atoms with Gasteiger partial charge in [0, 0.05) is 44.2 Å². The number of hydrogen-bond donors (Lipinski definition) is 1. The molecule has 0 unspecified atom stereocenters. The van der Waals surface area contributed by atoms with Crippen molar-refractivity contribution in [1.29, 1.82) is 0 Å². The summed E-state index contributed by atoms with van der Waals surface area (Å²) in [5, 5.41) is 8.21. The molecule has 8 heteroatoms. The molecule has 0 atom stereocenters. The maximum Gasteiger partial charge on any atom is 0.228 e. The van der Waals surface area contributed by atoms with E-state index in [0.717, 1.165) is 42.5 Å². The number of hydrogen-bond acceptors (Lipinski definition) is 7. The van der Waals surface area contributed by atoms with Gasteiger partial charge in [0.1, 0.15) is 23.2 Å². The van der Waals surface area contributed by atoms with Gasteiger partial charge < -0.3 is 19.6 Å². The third kappa shape index (κ3) is 3.76. The van der Waals surface area contributed by atoms with Gasteiger partial charge in [-0.1, -0.05) is 17.3 Å². The predicted molar refractivity (Wildman–Crippen MR) is 107 cm³/mol. The van der Waals surface area contributed by atoms with Gasteiger partial charge in [0.25, 0.3) is 0 Å². The summed E-state index contributed by atoms with van der Waals surface area (Å²) in [7, 11) is 0. The average molecular weight is 380 g/mol. The maximum absolute atomic E-state index is 12.7. The molecule has 1 aliphatic rings. The van der Waals surface area contributed by atoms with Crippen molar-refractivity contribution < 1.29 is 9.32 Å². The second-order valence-corrected chi connectivity index (χ2v) is 6.86. The summed E-state index contributed by atoms with van der Waals surface area (Å²) < 4.78 is 5.31. The number of aromatic nitrogens is 3. The summed E-state index contributed by atoms with van der Waals surface area (Å²) in [6.07, 6.45) is 0.258. The van der Waals surface area contributed by atoms with Crippen molar-refractivity contribution in [3.63, 3.8) is 0 Å². The SMILES string of the molecule is CCNc1cc(N2CCN(C(=O)Cc3noc4ccccc34)CC2)nc(C)n1. The zero-order valence-electron chi connectivity index (χ0n) is 16.2. The first-order chi connectivity index (χ1) is 13.6. The Labute approximate surface area is 163 Å². The molecule has 8 nitrogen and oxygen atoms in total. The number of carbonyl (C=O) groups excluding carboxylic acids is 1. The van der Waals surface area contributed by atoms with Crippen LogP contribution in [0, 0.1) is 6.92 Å². The second-order valence-electron chi connectivity index (χ2n) is 6.86. The van der Waals surface area contributed by atoms with Crippen LogP contribution in [-0.4, -0.2) is 58.7 Å². The first-order valence-corrected chi connectivity index (χ1v) is 9.59. The van der Waals surface area contributed by atoms with Gasteiger partial charge in [-0.05, 0) is 26.0 Å². The lowest BCUT2D eigenvalue weighted by molar-refractivity contribution is -0.130. The van der Waals surface area contributed by atoms with Crippen LogP contribution < -0.4 is 10.2 Å². The average Bonchev–Trinajstić information content (AvgIpc) is 3.11. The van der Waals surface area contributed by atoms with Gasteiger partial charge in [0.05, 0.1) is 6.42 Å². The minimum absolute atomic E-state index is 0.0749. The van der Waals surface area contributed by atoms with Crippen molar-refractivity contribution in [1.82, 2.24) is 20.0 Å². The van der Waals surface area contributed by atoms with Crippen molar-refractivity contribution in [3.8, 4) is 0 Å². The first-order valence-electron chi connectivity index (χ1n) is 9.59. The Hall–Kier alpha value is -3.16. The number of aryl methyl sites for hydroxylation is 1. The summed E-state index contributed by atoms with van der Waals surface area (Å²) in [5.74, 6) is 2.55. The molecule has 2 aromatic heterocycles. The van der Waals surface area contributed by atoms with Crippen LogP contribution in [0.2, 0.25) is 0 Å². The highest BCUT2D eigenvalue weighted by Gasteiger charge is 2.24. The fraction of sp³-hybridized carbons (Fsp3) is 0.400. The summed E-state index contributed by atoms with van der Waals surface area (Å²) in [4.78, 5) is 25.8. The number of fused-ring (bicyclic) bond motifs is 1.